The Balaban J connectivity index is 1.23. The number of aromatic nitrogens is 2. The maximum Gasteiger partial charge on any atom is 0.103 e. The minimum atomic E-state index is 0.236. The minimum Gasteiger partial charge on any atom is -0.381 e. The van der Waals surface area contributed by atoms with Crippen LogP contribution in [-0.2, 0) is 24.1 Å². The second-order valence-corrected chi connectivity index (χ2v) is 20.9. The number of fused-ring (bicyclic) bond motifs is 2. The van der Waals surface area contributed by atoms with E-state index in [-0.39, 0.29) is 6.04 Å². The lowest BCUT2D eigenvalue weighted by molar-refractivity contribution is 0.113. The summed E-state index contributed by atoms with van der Waals surface area (Å²) in [4.78, 5) is 2.36. The number of rotatable bonds is 20. The quantitative estimate of drug-likeness (QED) is 0.0773. The largest absolute Gasteiger partial charge is 0.381 e. The Morgan fingerprint density at radius 3 is 1.83 bits per heavy atom. The van der Waals surface area contributed by atoms with Gasteiger partial charge in [-0.05, 0) is 157 Å². The van der Waals surface area contributed by atoms with E-state index >= 15 is 0 Å². The summed E-state index contributed by atoms with van der Waals surface area (Å²) < 4.78 is 8.62. The van der Waals surface area contributed by atoms with Gasteiger partial charge in [0.2, 0.25) is 0 Å². The molecule has 5 heteroatoms. The zero-order valence-corrected chi connectivity index (χ0v) is 44.2. The molecule has 5 nitrogen and oxygen atoms in total. The van der Waals surface area contributed by atoms with E-state index in [1.165, 1.54) is 61.3 Å². The third kappa shape index (κ3) is 11.1. The van der Waals surface area contributed by atoms with Gasteiger partial charge in [0.05, 0.1) is 0 Å². The third-order valence-corrected chi connectivity index (χ3v) is 15.6. The Labute approximate surface area is 431 Å². The van der Waals surface area contributed by atoms with Crippen LogP contribution in [-0.4, -0.2) is 29.0 Å². The average Bonchev–Trinajstić information content (AvgIpc) is 3.77. The van der Waals surface area contributed by atoms with Crippen molar-refractivity contribution < 1.29 is 4.74 Å². The Morgan fingerprint density at radius 1 is 0.653 bits per heavy atom. The zero-order valence-electron chi connectivity index (χ0n) is 44.2. The summed E-state index contributed by atoms with van der Waals surface area (Å²) in [6, 6.07) is 63.0. The van der Waals surface area contributed by atoms with Crippen molar-refractivity contribution in [3.05, 3.63) is 198 Å². The number of unbranched alkanes of at least 4 members (excludes halogenated alkanes) is 1. The van der Waals surface area contributed by atoms with Gasteiger partial charge in [-0.25, -0.2) is 0 Å². The van der Waals surface area contributed by atoms with Gasteiger partial charge in [0.1, 0.15) is 5.52 Å². The number of aryl methyl sites for hydroxylation is 1. The van der Waals surface area contributed by atoms with Crippen LogP contribution in [0.5, 0.6) is 0 Å². The van der Waals surface area contributed by atoms with Crippen LogP contribution >= 0.6 is 0 Å². The van der Waals surface area contributed by atoms with Crippen LogP contribution in [0.1, 0.15) is 133 Å². The van der Waals surface area contributed by atoms with Crippen molar-refractivity contribution in [1.82, 2.24) is 9.78 Å². The van der Waals surface area contributed by atoms with Crippen LogP contribution in [0, 0.1) is 11.8 Å². The highest BCUT2D eigenvalue weighted by atomic mass is 16.5. The first-order chi connectivity index (χ1) is 35.3. The Kier molecular flexibility index (Phi) is 16.7. The Hall–Kier alpha value is -6.43. The van der Waals surface area contributed by atoms with Crippen molar-refractivity contribution in [2.75, 3.05) is 23.4 Å². The van der Waals surface area contributed by atoms with Crippen LogP contribution < -0.4 is 10.2 Å². The molecule has 1 aromatic heterocycles. The standard InChI is InChI=1S/C67H78N4O/c1-8-11-43-72-44-42-53-35-32-51(9-2)63-62(55-38-40-59(41-39-55)71(57-28-20-14-21-29-57)58-30-22-15-23-31-58)65-61(10-3)70(46-47(4)5)69-67(65)64(66(63)68-49(53)7)56-36-33-52(34-37-56)48(6)60(54-26-18-13-19-27-54)45-50-24-16-12-17-25-50/h12-31,33-34,36-41,47-49,51,53,60,68H,8-11,32,35,42-46H2,1-7H3. The second-order valence-electron chi connectivity index (χ2n) is 20.9. The summed E-state index contributed by atoms with van der Waals surface area (Å²) in [7, 11) is 0. The molecule has 0 amide bonds. The Bertz CT molecular complexity index is 2890. The minimum absolute atomic E-state index is 0.236. The Morgan fingerprint density at radius 2 is 1.24 bits per heavy atom. The fraction of sp³-hybridized carbons (Fsp3) is 0.358. The SMILES string of the molecule is CCCCOCCC1CCC(CC)c2c(c(-c3ccc(C(C)C(Cc4ccccc4)c4ccccc4)cc3)c3nn(CC(C)C)c(CC)c3c2-c2ccc(N(c3ccccc3)c3ccccc3)cc2)NC1C. The van der Waals surface area contributed by atoms with Gasteiger partial charge in [-0.15, -0.1) is 0 Å². The molecule has 0 fully saturated rings. The molecule has 1 aliphatic rings. The molecule has 372 valence electrons. The maximum absolute atomic E-state index is 6.25. The third-order valence-electron chi connectivity index (χ3n) is 15.6. The summed E-state index contributed by atoms with van der Waals surface area (Å²) >= 11 is 0. The van der Waals surface area contributed by atoms with E-state index in [2.05, 4.69) is 233 Å². The number of para-hydroxylation sites is 2. The number of nitrogens with zero attached hydrogens (tertiary/aromatic N) is 3. The molecule has 72 heavy (non-hydrogen) atoms. The highest BCUT2D eigenvalue weighted by molar-refractivity contribution is 6.12. The van der Waals surface area contributed by atoms with Crippen molar-refractivity contribution in [3.8, 4) is 22.3 Å². The van der Waals surface area contributed by atoms with E-state index in [1.807, 2.05) is 0 Å². The smallest absolute Gasteiger partial charge is 0.103 e. The van der Waals surface area contributed by atoms with Gasteiger partial charge in [0.15, 0.2) is 0 Å². The summed E-state index contributed by atoms with van der Waals surface area (Å²) in [5.41, 5.74) is 17.7. The number of nitrogens with one attached hydrogen (secondary N) is 1. The van der Waals surface area contributed by atoms with Gasteiger partial charge < -0.3 is 15.0 Å². The molecule has 0 aliphatic carbocycles. The van der Waals surface area contributed by atoms with Crippen LogP contribution in [0.25, 0.3) is 33.2 Å². The number of anilines is 4. The lowest BCUT2D eigenvalue weighted by atomic mass is 9.76. The monoisotopic (exact) mass is 955 g/mol. The number of hydrogen-bond donors (Lipinski definition) is 1. The van der Waals surface area contributed by atoms with Crippen molar-refractivity contribution in [2.24, 2.45) is 11.8 Å². The maximum atomic E-state index is 6.25. The first-order valence-corrected chi connectivity index (χ1v) is 27.4. The topological polar surface area (TPSA) is 42.3 Å². The van der Waals surface area contributed by atoms with E-state index in [1.54, 1.807) is 0 Å². The summed E-state index contributed by atoms with van der Waals surface area (Å²) in [6.45, 7) is 19.0. The molecule has 1 aliphatic heterocycles. The van der Waals surface area contributed by atoms with Crippen LogP contribution in [0.15, 0.2) is 170 Å². The first kappa shape index (κ1) is 50.5. The van der Waals surface area contributed by atoms with Gasteiger partial charge >= 0.3 is 0 Å². The molecule has 8 aromatic rings. The van der Waals surface area contributed by atoms with Crippen LogP contribution in [0.2, 0.25) is 0 Å². The molecule has 5 atom stereocenters. The molecular weight excluding hydrogens is 877 g/mol. The number of hydrogen-bond acceptors (Lipinski definition) is 4. The highest BCUT2D eigenvalue weighted by Crippen LogP contribution is 2.53. The molecule has 5 unspecified atom stereocenters. The van der Waals surface area contributed by atoms with Crippen molar-refractivity contribution in [1.29, 1.82) is 0 Å². The highest BCUT2D eigenvalue weighted by Gasteiger charge is 2.34. The molecule has 0 saturated carbocycles. The predicted octanol–water partition coefficient (Wildman–Crippen LogP) is 18.1. The van der Waals surface area contributed by atoms with Crippen LogP contribution in [0.3, 0.4) is 0 Å². The molecule has 0 radical (unpaired) electrons. The molecule has 7 aromatic carbocycles. The van der Waals surface area contributed by atoms with Crippen molar-refractivity contribution in [3.63, 3.8) is 0 Å². The van der Waals surface area contributed by atoms with Gasteiger partial charge in [0.25, 0.3) is 0 Å². The molecule has 9 rings (SSSR count). The summed E-state index contributed by atoms with van der Waals surface area (Å²) in [5, 5.41) is 11.4. The fourth-order valence-corrected chi connectivity index (χ4v) is 11.7. The molecular formula is C67H78N4O. The molecule has 0 spiro atoms. The number of benzene rings is 7. The van der Waals surface area contributed by atoms with E-state index in [0.717, 1.165) is 93.7 Å². The van der Waals surface area contributed by atoms with Crippen molar-refractivity contribution >= 4 is 33.7 Å². The normalized spacial score (nSPS) is 16.7. The van der Waals surface area contributed by atoms with E-state index in [0.29, 0.717) is 29.6 Å². The molecule has 0 saturated heterocycles. The van der Waals surface area contributed by atoms with Crippen LogP contribution in [0.4, 0.5) is 22.7 Å². The summed E-state index contributed by atoms with van der Waals surface area (Å²) in [6.07, 6.45) is 8.53. The van der Waals surface area contributed by atoms with Crippen molar-refractivity contribution in [2.45, 2.75) is 130 Å². The average molecular weight is 955 g/mol. The van der Waals surface area contributed by atoms with Gasteiger partial charge in [-0.2, -0.15) is 5.10 Å². The van der Waals surface area contributed by atoms with E-state index in [4.69, 9.17) is 9.84 Å². The zero-order chi connectivity index (χ0) is 50.0. The second kappa shape index (κ2) is 23.9. The van der Waals surface area contributed by atoms with E-state index < -0.39 is 0 Å². The molecule has 0 bridgehead atoms. The lowest BCUT2D eigenvalue weighted by Crippen LogP contribution is -2.30. The van der Waals surface area contributed by atoms with Gasteiger partial charge in [-0.1, -0.05) is 181 Å². The lowest BCUT2D eigenvalue weighted by Gasteiger charge is -2.36. The van der Waals surface area contributed by atoms with Gasteiger partial charge in [0, 0.05) is 65.2 Å². The number of ether oxygens (including phenoxy) is 1. The fourth-order valence-electron chi connectivity index (χ4n) is 11.7. The first-order valence-electron chi connectivity index (χ1n) is 27.4. The van der Waals surface area contributed by atoms with E-state index in [9.17, 15) is 0 Å². The summed E-state index contributed by atoms with van der Waals surface area (Å²) in [5.74, 6) is 1.89. The van der Waals surface area contributed by atoms with Gasteiger partial charge in [-0.3, -0.25) is 4.68 Å². The molecule has 1 N–H and O–H groups in total. The predicted molar refractivity (Wildman–Crippen MR) is 306 cm³/mol. The molecule has 2 heterocycles.